The van der Waals surface area contributed by atoms with Crippen molar-refractivity contribution in [3.8, 4) is 24.3 Å². The largest absolute Gasteiger partial charge is 0.396 e. The van der Waals surface area contributed by atoms with E-state index < -0.39 is 28.1 Å². The van der Waals surface area contributed by atoms with Crippen molar-refractivity contribution in [1.29, 1.82) is 21.0 Å². The molecule has 0 aromatic carbocycles. The molecule has 0 aromatic rings. The van der Waals surface area contributed by atoms with Gasteiger partial charge >= 0.3 is 0 Å². The normalized spacial score (nSPS) is 37.2. The number of hydrogen-bond acceptors (Lipinski definition) is 5. The van der Waals surface area contributed by atoms with Gasteiger partial charge in [0.2, 0.25) is 0 Å². The van der Waals surface area contributed by atoms with Gasteiger partial charge in [-0.1, -0.05) is 19.1 Å². The van der Waals surface area contributed by atoms with E-state index in [1.807, 2.05) is 24.3 Å². The first-order valence-electron chi connectivity index (χ1n) is 5.47. The molecule has 0 spiro atoms. The number of nitrogens with zero attached hydrogens (tertiary/aromatic N) is 4. The summed E-state index contributed by atoms with van der Waals surface area (Å²) < 4.78 is 0. The van der Waals surface area contributed by atoms with Gasteiger partial charge in [-0.15, -0.1) is 0 Å². The van der Waals surface area contributed by atoms with Gasteiger partial charge in [-0.05, 0) is 0 Å². The second-order valence-electron chi connectivity index (χ2n) is 5.07. The Morgan fingerprint density at radius 3 is 1.50 bits per heavy atom. The molecule has 5 nitrogen and oxygen atoms in total. The van der Waals surface area contributed by atoms with Gasteiger partial charge in [-0.25, -0.2) is 0 Å². The maximum atomic E-state index is 9.57. The van der Waals surface area contributed by atoms with Crippen molar-refractivity contribution in [2.24, 2.45) is 28.1 Å². The summed E-state index contributed by atoms with van der Waals surface area (Å²) in [4.78, 5) is 0. The summed E-state index contributed by atoms with van der Waals surface area (Å²) in [7, 11) is 0. The van der Waals surface area contributed by atoms with Crippen LogP contribution in [0.25, 0.3) is 0 Å². The van der Waals surface area contributed by atoms with Crippen molar-refractivity contribution in [2.45, 2.75) is 6.92 Å². The van der Waals surface area contributed by atoms with Gasteiger partial charge in [0, 0.05) is 23.9 Å². The van der Waals surface area contributed by atoms with Crippen LogP contribution < -0.4 is 0 Å². The minimum atomic E-state index is -1.71. The number of hydrogen-bond donors (Lipinski definition) is 1. The van der Waals surface area contributed by atoms with E-state index >= 15 is 0 Å². The molecule has 0 unspecified atom stereocenters. The standard InChI is InChI=1S/C13H10N4O/c1-11(8-18)9-2-3-10(11)13(6-16,7-17)12(9,4-14)5-15/h2-3,9-10,18H,8H2,1H3/t9-,10-/m1/s1. The lowest BCUT2D eigenvalue weighted by atomic mass is 9.61. The van der Waals surface area contributed by atoms with Gasteiger partial charge in [0.05, 0.1) is 24.3 Å². The Bertz CT molecular complexity index is 516. The second kappa shape index (κ2) is 3.33. The summed E-state index contributed by atoms with van der Waals surface area (Å²) in [5.74, 6) is -1.21. The third kappa shape index (κ3) is 0.853. The van der Waals surface area contributed by atoms with E-state index in [1.54, 1.807) is 19.1 Å². The molecular formula is C13H10N4O. The van der Waals surface area contributed by atoms with Crippen molar-refractivity contribution in [3.05, 3.63) is 12.2 Å². The van der Waals surface area contributed by atoms with E-state index in [0.717, 1.165) is 0 Å². The summed E-state index contributed by atoms with van der Waals surface area (Å²) in [6.45, 7) is 1.44. The van der Waals surface area contributed by atoms with Gasteiger partial charge in [0.1, 0.15) is 0 Å². The summed E-state index contributed by atoms with van der Waals surface area (Å²) >= 11 is 0. The summed E-state index contributed by atoms with van der Waals surface area (Å²) in [5.41, 5.74) is -4.24. The van der Waals surface area contributed by atoms with Crippen LogP contribution in [0.15, 0.2) is 12.2 Å². The molecule has 2 aliphatic rings. The molecule has 0 heterocycles. The van der Waals surface area contributed by atoms with Gasteiger partial charge in [0.15, 0.2) is 10.8 Å². The van der Waals surface area contributed by atoms with E-state index in [4.69, 9.17) is 0 Å². The summed E-state index contributed by atoms with van der Waals surface area (Å²) in [6, 6.07) is 7.49. The van der Waals surface area contributed by atoms with Gasteiger partial charge in [-0.2, -0.15) is 21.0 Å². The van der Waals surface area contributed by atoms with Crippen LogP contribution in [0.3, 0.4) is 0 Å². The third-order valence-electron chi connectivity index (χ3n) is 4.52. The predicted octanol–water partition coefficient (Wildman–Crippen LogP) is 0.868. The highest BCUT2D eigenvalue weighted by Gasteiger charge is 2.77. The Morgan fingerprint density at radius 2 is 1.28 bits per heavy atom. The second-order valence-corrected chi connectivity index (χ2v) is 5.07. The number of nitriles is 4. The molecule has 2 atom stereocenters. The average molecular weight is 238 g/mol. The maximum absolute atomic E-state index is 9.57. The first kappa shape index (κ1) is 12.1. The van der Waals surface area contributed by atoms with Crippen LogP contribution in [0.2, 0.25) is 0 Å². The minimum Gasteiger partial charge on any atom is -0.396 e. The molecule has 18 heavy (non-hydrogen) atoms. The zero-order valence-electron chi connectivity index (χ0n) is 9.75. The lowest BCUT2D eigenvalue weighted by Gasteiger charge is -2.31. The zero-order valence-corrected chi connectivity index (χ0v) is 9.75. The lowest BCUT2D eigenvalue weighted by Crippen LogP contribution is -2.41. The molecule has 1 N–H and O–H groups in total. The molecule has 0 radical (unpaired) electrons. The molecule has 1 fully saturated rings. The van der Waals surface area contributed by atoms with Crippen LogP contribution in [0.1, 0.15) is 6.92 Å². The molecule has 0 saturated heterocycles. The highest BCUT2D eigenvalue weighted by molar-refractivity contribution is 5.49. The number of fused-ring (bicyclic) bond motifs is 2. The number of allylic oxidation sites excluding steroid dienone is 2. The number of aliphatic hydroxyl groups excluding tert-OH is 1. The van der Waals surface area contributed by atoms with Crippen molar-refractivity contribution in [3.63, 3.8) is 0 Å². The fraction of sp³-hybridized carbons (Fsp3) is 0.538. The van der Waals surface area contributed by atoms with Crippen molar-refractivity contribution in [1.82, 2.24) is 0 Å². The Morgan fingerprint density at radius 1 is 0.944 bits per heavy atom. The molecule has 1 saturated carbocycles. The quantitative estimate of drug-likeness (QED) is 0.680. The van der Waals surface area contributed by atoms with Gasteiger partial charge < -0.3 is 5.11 Å². The highest BCUT2D eigenvalue weighted by atomic mass is 16.3. The highest BCUT2D eigenvalue weighted by Crippen LogP contribution is 2.70. The first-order chi connectivity index (χ1) is 8.52. The smallest absolute Gasteiger partial charge is 0.182 e. The van der Waals surface area contributed by atoms with Crippen LogP contribution in [-0.2, 0) is 0 Å². The van der Waals surface area contributed by atoms with Crippen molar-refractivity contribution < 1.29 is 5.11 Å². The van der Waals surface area contributed by atoms with Gasteiger partial charge in [0.25, 0.3) is 0 Å². The fourth-order valence-corrected chi connectivity index (χ4v) is 3.50. The Labute approximate surface area is 105 Å². The Kier molecular flexibility index (Phi) is 2.24. The Balaban J connectivity index is 2.83. The summed E-state index contributed by atoms with van der Waals surface area (Å²) in [5, 5.41) is 47.1. The van der Waals surface area contributed by atoms with E-state index in [-0.39, 0.29) is 6.61 Å². The number of rotatable bonds is 1. The third-order valence-corrected chi connectivity index (χ3v) is 4.52. The van der Waals surface area contributed by atoms with Crippen molar-refractivity contribution >= 4 is 0 Å². The topological polar surface area (TPSA) is 115 Å². The molecule has 2 rings (SSSR count). The Hall–Kier alpha value is -2.34. The maximum Gasteiger partial charge on any atom is 0.182 e. The molecule has 0 amide bonds. The molecular weight excluding hydrogens is 228 g/mol. The summed E-state index contributed by atoms with van der Waals surface area (Å²) in [6.07, 6.45) is 3.36. The van der Waals surface area contributed by atoms with E-state index in [2.05, 4.69) is 0 Å². The van der Waals surface area contributed by atoms with Crippen LogP contribution >= 0.6 is 0 Å². The van der Waals surface area contributed by atoms with E-state index in [1.165, 1.54) is 0 Å². The zero-order chi connectivity index (χ0) is 13.6. The van der Waals surface area contributed by atoms with Crippen LogP contribution in [0.4, 0.5) is 0 Å². The first-order valence-corrected chi connectivity index (χ1v) is 5.47. The van der Waals surface area contributed by atoms with Crippen LogP contribution in [0, 0.1) is 73.4 Å². The van der Waals surface area contributed by atoms with Crippen molar-refractivity contribution in [2.75, 3.05) is 6.61 Å². The molecule has 5 heteroatoms. The van der Waals surface area contributed by atoms with E-state index in [9.17, 15) is 26.2 Å². The predicted molar refractivity (Wildman–Crippen MR) is 58.6 cm³/mol. The molecule has 2 bridgehead atoms. The SMILES string of the molecule is CC1(CO)[C@H]2C=C[C@H]1C(C#N)(C#N)C2(C#N)C#N. The monoisotopic (exact) mass is 238 g/mol. The van der Waals surface area contributed by atoms with E-state index in [0.29, 0.717) is 0 Å². The molecule has 0 aliphatic heterocycles. The van der Waals surface area contributed by atoms with Crippen LogP contribution in [-0.4, -0.2) is 11.7 Å². The molecule has 0 aromatic heterocycles. The average Bonchev–Trinajstić information content (AvgIpc) is 2.85. The molecule has 2 aliphatic carbocycles. The molecule has 88 valence electrons. The number of aliphatic hydroxyl groups is 1. The van der Waals surface area contributed by atoms with Crippen LogP contribution in [0.5, 0.6) is 0 Å². The van der Waals surface area contributed by atoms with Gasteiger partial charge in [-0.3, -0.25) is 0 Å². The lowest BCUT2D eigenvalue weighted by molar-refractivity contribution is 0.0940. The minimum absolute atomic E-state index is 0.272. The fourth-order valence-electron chi connectivity index (χ4n) is 3.50.